The number of carbonyl (C=O) groups is 1. The second kappa shape index (κ2) is 6.17. The number of benzene rings is 1. The Morgan fingerprint density at radius 2 is 2.20 bits per heavy atom. The molecule has 1 aromatic carbocycles. The van der Waals surface area contributed by atoms with E-state index in [1.807, 2.05) is 19.1 Å². The Morgan fingerprint density at radius 1 is 1.45 bits per heavy atom. The second-order valence-electron chi connectivity index (χ2n) is 4.21. The first-order chi connectivity index (χ1) is 9.56. The molecule has 1 aromatic heterocycles. The lowest BCUT2D eigenvalue weighted by molar-refractivity contribution is 0.0982. The number of nitriles is 1. The van der Waals surface area contributed by atoms with E-state index in [4.69, 9.17) is 11.6 Å². The Hall–Kier alpha value is -1.70. The van der Waals surface area contributed by atoms with Gasteiger partial charge in [-0.2, -0.15) is 5.26 Å². The molecule has 1 heterocycles. The summed E-state index contributed by atoms with van der Waals surface area (Å²) in [5, 5.41) is 9.34. The molecule has 0 aliphatic rings. The highest BCUT2D eigenvalue weighted by Crippen LogP contribution is 2.30. The Morgan fingerprint density at radius 3 is 2.75 bits per heavy atom. The molecule has 0 amide bonds. The fraction of sp³-hybridized carbons (Fsp3) is 0.200. The maximum Gasteiger partial charge on any atom is 0.194 e. The Kier molecular flexibility index (Phi) is 4.53. The second-order valence-corrected chi connectivity index (χ2v) is 5.79. The van der Waals surface area contributed by atoms with Crippen LogP contribution in [-0.2, 0) is 6.42 Å². The van der Waals surface area contributed by atoms with Crippen molar-refractivity contribution in [1.29, 1.82) is 5.26 Å². The van der Waals surface area contributed by atoms with Crippen LogP contribution in [0.4, 0.5) is 4.39 Å². The minimum atomic E-state index is -1.01. The molecule has 102 valence electrons. The van der Waals surface area contributed by atoms with Gasteiger partial charge >= 0.3 is 0 Å². The van der Waals surface area contributed by atoms with E-state index in [0.29, 0.717) is 10.4 Å². The first kappa shape index (κ1) is 14.7. The zero-order chi connectivity index (χ0) is 14.7. The van der Waals surface area contributed by atoms with E-state index in [0.717, 1.165) is 17.4 Å². The summed E-state index contributed by atoms with van der Waals surface area (Å²) in [6, 6.07) is 9.24. The molecule has 2 rings (SSSR count). The van der Waals surface area contributed by atoms with Crippen LogP contribution in [-0.4, -0.2) is 5.78 Å². The summed E-state index contributed by atoms with van der Waals surface area (Å²) in [5.74, 6) is -1.80. The molecular formula is C15H11ClFNOS. The van der Waals surface area contributed by atoms with Crippen LogP contribution in [0.1, 0.15) is 33.0 Å². The minimum absolute atomic E-state index is 0.0946. The van der Waals surface area contributed by atoms with Crippen LogP contribution in [0.25, 0.3) is 0 Å². The molecule has 0 bridgehead atoms. The summed E-state index contributed by atoms with van der Waals surface area (Å²) in [5.41, 5.74) is 0.340. The van der Waals surface area contributed by atoms with Gasteiger partial charge in [0.1, 0.15) is 11.7 Å². The fourth-order valence-electron chi connectivity index (χ4n) is 1.85. The molecule has 2 aromatic rings. The number of halogens is 2. The van der Waals surface area contributed by atoms with Crippen LogP contribution in [0, 0.1) is 17.1 Å². The number of hydrogen-bond acceptors (Lipinski definition) is 3. The minimum Gasteiger partial charge on any atom is -0.291 e. The Bertz CT molecular complexity index is 689. The molecule has 0 aliphatic carbocycles. The number of ketones is 1. The summed E-state index contributed by atoms with van der Waals surface area (Å²) >= 11 is 7.30. The molecular weight excluding hydrogens is 297 g/mol. The van der Waals surface area contributed by atoms with Gasteiger partial charge in [0.2, 0.25) is 0 Å². The van der Waals surface area contributed by atoms with Crippen molar-refractivity contribution >= 4 is 28.7 Å². The van der Waals surface area contributed by atoms with Crippen molar-refractivity contribution in [2.24, 2.45) is 0 Å². The first-order valence-corrected chi connectivity index (χ1v) is 7.23. The van der Waals surface area contributed by atoms with E-state index < -0.39 is 11.7 Å². The first-order valence-electron chi connectivity index (χ1n) is 6.04. The smallest absolute Gasteiger partial charge is 0.194 e. The van der Waals surface area contributed by atoms with Crippen LogP contribution >= 0.6 is 22.9 Å². The van der Waals surface area contributed by atoms with Crippen molar-refractivity contribution in [2.75, 3.05) is 0 Å². The maximum atomic E-state index is 13.0. The molecule has 1 unspecified atom stereocenters. The number of aryl methyl sites for hydroxylation is 1. The molecule has 20 heavy (non-hydrogen) atoms. The van der Waals surface area contributed by atoms with Crippen molar-refractivity contribution < 1.29 is 9.18 Å². The molecule has 0 saturated carbocycles. The molecule has 0 aliphatic heterocycles. The third kappa shape index (κ3) is 2.90. The highest BCUT2D eigenvalue weighted by molar-refractivity contribution is 7.14. The van der Waals surface area contributed by atoms with Crippen molar-refractivity contribution in [3.05, 3.63) is 56.5 Å². The lowest BCUT2D eigenvalue weighted by Crippen LogP contribution is -2.10. The van der Waals surface area contributed by atoms with Gasteiger partial charge in [0, 0.05) is 9.90 Å². The van der Waals surface area contributed by atoms with E-state index in [1.54, 1.807) is 6.07 Å². The number of rotatable bonds is 4. The van der Waals surface area contributed by atoms with Gasteiger partial charge in [-0.05, 0) is 36.2 Å². The van der Waals surface area contributed by atoms with E-state index in [1.165, 1.54) is 23.5 Å². The van der Waals surface area contributed by atoms with Gasteiger partial charge < -0.3 is 0 Å². The largest absolute Gasteiger partial charge is 0.291 e. The predicted octanol–water partition coefficient (Wildman–Crippen LogP) is 4.59. The van der Waals surface area contributed by atoms with E-state index in [-0.39, 0.29) is 10.8 Å². The lowest BCUT2D eigenvalue weighted by Gasteiger charge is -2.09. The van der Waals surface area contributed by atoms with Crippen LogP contribution in [0.3, 0.4) is 0 Å². The summed E-state index contributed by atoms with van der Waals surface area (Å²) in [6.07, 6.45) is 0.840. The van der Waals surface area contributed by atoms with E-state index >= 15 is 0 Å². The fourth-order valence-corrected chi connectivity index (χ4v) is 3.04. The predicted molar refractivity (Wildman–Crippen MR) is 77.8 cm³/mol. The highest BCUT2D eigenvalue weighted by atomic mass is 35.5. The van der Waals surface area contributed by atoms with Gasteiger partial charge in [-0.3, -0.25) is 4.79 Å². The topological polar surface area (TPSA) is 40.9 Å². The van der Waals surface area contributed by atoms with Crippen LogP contribution < -0.4 is 0 Å². The van der Waals surface area contributed by atoms with Gasteiger partial charge in [-0.1, -0.05) is 24.6 Å². The lowest BCUT2D eigenvalue weighted by atomic mass is 9.95. The average Bonchev–Trinajstić information content (AvgIpc) is 2.90. The Balaban J connectivity index is 2.37. The number of Topliss-reactive ketones (excluding diaryl/α,β-unsaturated/α-hetero) is 1. The van der Waals surface area contributed by atoms with Gasteiger partial charge in [0.25, 0.3) is 0 Å². The molecule has 1 atom stereocenters. The molecule has 0 radical (unpaired) electrons. The van der Waals surface area contributed by atoms with Crippen molar-refractivity contribution in [1.82, 2.24) is 0 Å². The molecule has 0 saturated heterocycles. The van der Waals surface area contributed by atoms with Gasteiger partial charge in [0.05, 0.1) is 10.9 Å². The third-order valence-electron chi connectivity index (χ3n) is 2.92. The van der Waals surface area contributed by atoms with Crippen LogP contribution in [0.15, 0.2) is 30.3 Å². The van der Waals surface area contributed by atoms with E-state index in [9.17, 15) is 14.4 Å². The summed E-state index contributed by atoms with van der Waals surface area (Å²) in [4.78, 5) is 14.0. The third-order valence-corrected chi connectivity index (χ3v) is 4.49. The zero-order valence-corrected chi connectivity index (χ0v) is 12.3. The molecule has 0 spiro atoms. The summed E-state index contributed by atoms with van der Waals surface area (Å²) in [6.45, 7) is 2.00. The average molecular weight is 308 g/mol. The number of nitrogens with zero attached hydrogens (tertiary/aromatic N) is 1. The monoisotopic (exact) mass is 307 g/mol. The molecule has 0 N–H and O–H groups in total. The number of thiophene rings is 1. The van der Waals surface area contributed by atoms with Crippen molar-refractivity contribution in [3.63, 3.8) is 0 Å². The SMILES string of the molecule is CCc1ccc(C(=O)C(C#N)c2ccc(F)cc2Cl)s1. The van der Waals surface area contributed by atoms with E-state index in [2.05, 4.69) is 0 Å². The summed E-state index contributed by atoms with van der Waals surface area (Å²) < 4.78 is 13.0. The van der Waals surface area contributed by atoms with Crippen molar-refractivity contribution in [3.8, 4) is 6.07 Å². The number of carbonyl (C=O) groups excluding carboxylic acids is 1. The van der Waals surface area contributed by atoms with Crippen molar-refractivity contribution in [2.45, 2.75) is 19.3 Å². The highest BCUT2D eigenvalue weighted by Gasteiger charge is 2.25. The Labute approximate surface area is 125 Å². The molecule has 5 heteroatoms. The van der Waals surface area contributed by atoms with Crippen LogP contribution in [0.5, 0.6) is 0 Å². The quantitative estimate of drug-likeness (QED) is 0.775. The van der Waals surface area contributed by atoms with Gasteiger partial charge in [-0.25, -0.2) is 4.39 Å². The summed E-state index contributed by atoms with van der Waals surface area (Å²) in [7, 11) is 0. The number of hydrogen-bond donors (Lipinski definition) is 0. The maximum absolute atomic E-state index is 13.0. The van der Waals surface area contributed by atoms with Crippen LogP contribution in [0.2, 0.25) is 5.02 Å². The molecule has 2 nitrogen and oxygen atoms in total. The van der Waals surface area contributed by atoms with Gasteiger partial charge in [0.15, 0.2) is 5.78 Å². The zero-order valence-electron chi connectivity index (χ0n) is 10.7. The normalized spacial score (nSPS) is 11.9. The molecule has 0 fully saturated rings. The standard InChI is InChI=1S/C15H11ClFNOS/c1-2-10-4-6-14(20-10)15(19)12(8-18)11-5-3-9(17)7-13(11)16/h3-7,12H,2H2,1H3. The van der Waals surface area contributed by atoms with Gasteiger partial charge in [-0.15, -0.1) is 11.3 Å².